The van der Waals surface area contributed by atoms with Gasteiger partial charge in [0.25, 0.3) is 0 Å². The molecule has 15 heteroatoms. The van der Waals surface area contributed by atoms with Gasteiger partial charge in [0.05, 0.1) is 19.8 Å². The summed E-state index contributed by atoms with van der Waals surface area (Å²) in [5.74, 6) is -0.942. The van der Waals surface area contributed by atoms with Crippen LogP contribution in [0.1, 0.15) is 136 Å². The quantitative estimate of drug-likeness (QED) is 0.0315. The number of hydrogen-bond acceptors (Lipinski definition) is 15. The number of esters is 2. The third kappa shape index (κ3) is 19.5. The molecule has 0 aliphatic carbocycles. The Morgan fingerprint density at radius 2 is 1.05 bits per heavy atom. The Kier molecular flexibility index (Phi) is 26.4. The fraction of sp³-hybridized carbons (Fsp3) is 0.900. The van der Waals surface area contributed by atoms with E-state index in [0.717, 1.165) is 57.8 Å². The number of unbranched alkanes of at least 4 members (excludes halogenated alkanes) is 14. The summed E-state index contributed by atoms with van der Waals surface area (Å²) in [4.78, 5) is 25.4. The lowest BCUT2D eigenvalue weighted by Crippen LogP contribution is -2.61. The number of carbonyl (C=O) groups excluding carboxylic acids is 2. The van der Waals surface area contributed by atoms with Crippen LogP contribution in [0.4, 0.5) is 0 Å². The fourth-order valence-electron chi connectivity index (χ4n) is 6.43. The first-order valence-corrected chi connectivity index (χ1v) is 20.8. The van der Waals surface area contributed by atoms with Crippen molar-refractivity contribution in [2.75, 3.05) is 26.4 Å². The molecule has 0 radical (unpaired) electrons. The lowest BCUT2D eigenvalue weighted by atomic mass is 9.98. The SMILES string of the molecule is CCCC/C=C/CCCCCCCC(=O)OC[C@H](CO[C@@H]1O[C@H](CO[C@@H]2O[C@H](CO)[C@H](O)C(O)C2O)[C@H](O)C(O)C1O)OC(=O)CCCCCCCCCC. The van der Waals surface area contributed by atoms with Gasteiger partial charge in [-0.1, -0.05) is 103 Å². The number of ether oxygens (including phenoxy) is 6. The second-order valence-corrected chi connectivity index (χ2v) is 14.8. The molecule has 0 aromatic carbocycles. The molecule has 4 unspecified atom stereocenters. The van der Waals surface area contributed by atoms with Gasteiger partial charge in [0.1, 0.15) is 55.4 Å². The predicted octanol–water partition coefficient (Wildman–Crippen LogP) is 3.09. The normalized spacial score (nSPS) is 29.0. The molecule has 2 saturated heterocycles. The van der Waals surface area contributed by atoms with Crippen molar-refractivity contribution in [2.45, 2.75) is 203 Å². The minimum absolute atomic E-state index is 0.165. The first kappa shape index (κ1) is 49.4. The molecule has 2 heterocycles. The van der Waals surface area contributed by atoms with Gasteiger partial charge in [-0.25, -0.2) is 0 Å². The van der Waals surface area contributed by atoms with E-state index in [-0.39, 0.29) is 26.1 Å². The summed E-state index contributed by atoms with van der Waals surface area (Å²) in [5.41, 5.74) is 0. The molecule has 0 amide bonds. The van der Waals surface area contributed by atoms with Crippen molar-refractivity contribution in [3.63, 3.8) is 0 Å². The van der Waals surface area contributed by atoms with Crippen molar-refractivity contribution in [1.82, 2.24) is 0 Å². The topological polar surface area (TPSA) is 231 Å². The highest BCUT2D eigenvalue weighted by Gasteiger charge is 2.47. The zero-order chi connectivity index (χ0) is 40.4. The molecule has 55 heavy (non-hydrogen) atoms. The van der Waals surface area contributed by atoms with Gasteiger partial charge in [-0.15, -0.1) is 0 Å². The zero-order valence-electron chi connectivity index (χ0n) is 33.2. The van der Waals surface area contributed by atoms with Gasteiger partial charge in [-0.3, -0.25) is 9.59 Å². The Bertz CT molecular complexity index is 1030. The monoisotopic (exact) mass is 792 g/mol. The van der Waals surface area contributed by atoms with Gasteiger partial charge in [-0.05, 0) is 32.1 Å². The molecule has 7 N–H and O–H groups in total. The van der Waals surface area contributed by atoms with Gasteiger partial charge in [0, 0.05) is 12.8 Å². The van der Waals surface area contributed by atoms with Gasteiger partial charge < -0.3 is 64.2 Å². The maximum Gasteiger partial charge on any atom is 0.306 e. The number of aliphatic hydroxyl groups is 7. The maximum atomic E-state index is 12.8. The first-order chi connectivity index (χ1) is 26.5. The summed E-state index contributed by atoms with van der Waals surface area (Å²) in [5, 5.41) is 71.6. The maximum absolute atomic E-state index is 12.8. The molecular weight excluding hydrogens is 720 g/mol. The van der Waals surface area contributed by atoms with Gasteiger partial charge >= 0.3 is 11.9 Å². The Balaban J connectivity index is 1.89. The van der Waals surface area contributed by atoms with Crippen molar-refractivity contribution in [2.24, 2.45) is 0 Å². The predicted molar refractivity (Wildman–Crippen MR) is 201 cm³/mol. The molecule has 0 saturated carbocycles. The number of aliphatic hydroxyl groups excluding tert-OH is 7. The summed E-state index contributed by atoms with van der Waals surface area (Å²) >= 11 is 0. The van der Waals surface area contributed by atoms with Gasteiger partial charge in [-0.2, -0.15) is 0 Å². The van der Waals surface area contributed by atoms with Crippen LogP contribution in [0.2, 0.25) is 0 Å². The van der Waals surface area contributed by atoms with Crippen molar-refractivity contribution in [3.8, 4) is 0 Å². The van der Waals surface area contributed by atoms with Crippen LogP contribution in [-0.4, -0.2) is 142 Å². The van der Waals surface area contributed by atoms with Gasteiger partial charge in [0.2, 0.25) is 0 Å². The molecule has 2 fully saturated rings. The van der Waals surface area contributed by atoms with E-state index in [4.69, 9.17) is 28.4 Å². The van der Waals surface area contributed by atoms with Crippen LogP contribution < -0.4 is 0 Å². The summed E-state index contributed by atoms with van der Waals surface area (Å²) in [7, 11) is 0. The van der Waals surface area contributed by atoms with E-state index in [1.807, 2.05) is 0 Å². The summed E-state index contributed by atoms with van der Waals surface area (Å²) in [6.45, 7) is 2.46. The molecule has 2 rings (SSSR count). The van der Waals surface area contributed by atoms with E-state index in [9.17, 15) is 45.3 Å². The summed E-state index contributed by atoms with van der Waals surface area (Å²) < 4.78 is 33.3. The molecule has 0 bridgehead atoms. The van der Waals surface area contributed by atoms with Crippen molar-refractivity contribution in [1.29, 1.82) is 0 Å². The first-order valence-electron chi connectivity index (χ1n) is 20.8. The largest absolute Gasteiger partial charge is 0.462 e. The third-order valence-corrected chi connectivity index (χ3v) is 9.99. The minimum Gasteiger partial charge on any atom is -0.462 e. The van der Waals surface area contributed by atoms with Crippen LogP contribution in [0.15, 0.2) is 12.2 Å². The van der Waals surface area contributed by atoms with Crippen molar-refractivity contribution in [3.05, 3.63) is 12.2 Å². The number of hydrogen-bond donors (Lipinski definition) is 7. The van der Waals surface area contributed by atoms with Crippen LogP contribution in [0.5, 0.6) is 0 Å². The van der Waals surface area contributed by atoms with Crippen molar-refractivity contribution >= 4 is 11.9 Å². The molecule has 0 aromatic heterocycles. The number of carbonyl (C=O) groups is 2. The van der Waals surface area contributed by atoms with E-state index in [2.05, 4.69) is 26.0 Å². The summed E-state index contributed by atoms with van der Waals surface area (Å²) in [6.07, 6.45) is 5.77. The molecule has 0 spiro atoms. The highest BCUT2D eigenvalue weighted by molar-refractivity contribution is 5.70. The van der Waals surface area contributed by atoms with Crippen LogP contribution in [0.25, 0.3) is 0 Å². The average Bonchev–Trinajstić information content (AvgIpc) is 3.18. The van der Waals surface area contributed by atoms with Crippen LogP contribution in [-0.2, 0) is 38.0 Å². The van der Waals surface area contributed by atoms with E-state index in [1.54, 1.807) is 0 Å². The standard InChI is InChI=1S/C40H72O15/c1-3-5-7-9-11-13-14-15-17-18-20-22-31(42)50-25-28(53-32(43)23-21-19-16-12-10-8-6-4-2)26-51-39-38(49)36(47)34(45)30(55-39)27-52-40-37(48)35(46)33(44)29(24-41)54-40/h9,11,28-30,33-41,44-49H,3-8,10,12-27H2,1-2H3/b11-9+/t28-,29-,30-,33+,34+,35?,36?,37?,38?,39-,40-/m1/s1. The average molecular weight is 793 g/mol. The van der Waals surface area contributed by atoms with Crippen molar-refractivity contribution < 1.29 is 73.8 Å². The minimum atomic E-state index is -1.76. The number of rotatable bonds is 30. The third-order valence-electron chi connectivity index (χ3n) is 9.99. The Hall–Kier alpha value is -1.76. The molecule has 322 valence electrons. The fourth-order valence-corrected chi connectivity index (χ4v) is 6.43. The Labute approximate surface area is 327 Å². The highest BCUT2D eigenvalue weighted by Crippen LogP contribution is 2.26. The molecule has 15 nitrogen and oxygen atoms in total. The molecule has 2 aliphatic heterocycles. The lowest BCUT2D eigenvalue weighted by Gasteiger charge is -2.42. The van der Waals surface area contributed by atoms with E-state index in [1.165, 1.54) is 38.5 Å². The second-order valence-electron chi connectivity index (χ2n) is 14.8. The molecular formula is C40H72O15. The van der Waals surface area contributed by atoms with Crippen LogP contribution in [0.3, 0.4) is 0 Å². The highest BCUT2D eigenvalue weighted by atomic mass is 16.7. The van der Waals surface area contributed by atoms with Gasteiger partial charge in [0.15, 0.2) is 18.7 Å². The Morgan fingerprint density at radius 3 is 1.65 bits per heavy atom. The number of allylic oxidation sites excluding steroid dienone is 2. The smallest absolute Gasteiger partial charge is 0.306 e. The Morgan fingerprint density at radius 1 is 0.564 bits per heavy atom. The van der Waals surface area contributed by atoms with E-state index < -0.39 is 92.7 Å². The van der Waals surface area contributed by atoms with Crippen LogP contribution >= 0.6 is 0 Å². The molecule has 11 atom stereocenters. The zero-order valence-corrected chi connectivity index (χ0v) is 33.2. The van der Waals surface area contributed by atoms with E-state index >= 15 is 0 Å². The molecule has 0 aromatic rings. The molecule has 2 aliphatic rings. The van der Waals surface area contributed by atoms with Crippen LogP contribution in [0, 0.1) is 0 Å². The second kappa shape index (κ2) is 29.5. The lowest BCUT2D eigenvalue weighted by molar-refractivity contribution is -0.332. The summed E-state index contributed by atoms with van der Waals surface area (Å²) in [6, 6.07) is 0. The van der Waals surface area contributed by atoms with E-state index in [0.29, 0.717) is 12.8 Å².